The van der Waals surface area contributed by atoms with Crippen molar-refractivity contribution in [2.75, 3.05) is 26.7 Å². The highest BCUT2D eigenvalue weighted by Gasteiger charge is 2.31. The summed E-state index contributed by atoms with van der Waals surface area (Å²) in [4.78, 5) is 27.1. The van der Waals surface area contributed by atoms with Crippen molar-refractivity contribution in [3.05, 3.63) is 47.5 Å². The predicted octanol–water partition coefficient (Wildman–Crippen LogP) is 2.27. The van der Waals surface area contributed by atoms with E-state index in [1.807, 2.05) is 25.1 Å². The number of morpholine rings is 1. The van der Waals surface area contributed by atoms with Gasteiger partial charge in [0.25, 0.3) is 0 Å². The Bertz CT molecular complexity index is 605. The van der Waals surface area contributed by atoms with Crippen LogP contribution in [0.3, 0.4) is 0 Å². The summed E-state index contributed by atoms with van der Waals surface area (Å²) < 4.78 is 5.84. The zero-order chi connectivity index (χ0) is 17.0. The fourth-order valence-electron chi connectivity index (χ4n) is 2.56. The smallest absolute Gasteiger partial charge is 0.246 e. The van der Waals surface area contributed by atoms with E-state index in [1.165, 1.54) is 11.0 Å². The molecule has 23 heavy (non-hydrogen) atoms. The number of carbonyl (C=O) groups excluding carboxylic acids is 2. The van der Waals surface area contributed by atoms with Crippen LogP contribution < -0.4 is 0 Å². The van der Waals surface area contributed by atoms with Gasteiger partial charge in [-0.25, -0.2) is 0 Å². The number of hydrogen-bond donors (Lipinski definition) is 0. The topological polar surface area (TPSA) is 49.9 Å². The molecule has 1 aliphatic heterocycles. The van der Waals surface area contributed by atoms with Crippen molar-refractivity contribution in [3.63, 3.8) is 0 Å². The van der Waals surface area contributed by atoms with Crippen molar-refractivity contribution in [1.29, 1.82) is 0 Å². The van der Waals surface area contributed by atoms with E-state index < -0.39 is 0 Å². The lowest BCUT2D eigenvalue weighted by atomic mass is 10.1. The zero-order valence-electron chi connectivity index (χ0n) is 13.4. The SMILES string of the molecule is C=CC(=O)N(C)CC(=O)N1C[C@H](c2ccccc2Cl)OC[C@H]1C. The van der Waals surface area contributed by atoms with Crippen molar-refractivity contribution >= 4 is 23.4 Å². The monoisotopic (exact) mass is 336 g/mol. The van der Waals surface area contributed by atoms with Gasteiger partial charge in [-0.05, 0) is 19.1 Å². The lowest BCUT2D eigenvalue weighted by Crippen LogP contribution is -2.51. The molecule has 0 N–H and O–H groups in total. The number of carbonyl (C=O) groups is 2. The molecule has 0 bridgehead atoms. The zero-order valence-corrected chi connectivity index (χ0v) is 14.1. The molecular weight excluding hydrogens is 316 g/mol. The van der Waals surface area contributed by atoms with Crippen LogP contribution in [0.1, 0.15) is 18.6 Å². The molecule has 0 aliphatic carbocycles. The molecule has 0 saturated carbocycles. The number of amides is 2. The van der Waals surface area contributed by atoms with Crippen LogP contribution in [0.5, 0.6) is 0 Å². The highest BCUT2D eigenvalue weighted by molar-refractivity contribution is 6.31. The lowest BCUT2D eigenvalue weighted by Gasteiger charge is -2.39. The molecule has 2 amide bonds. The minimum atomic E-state index is -0.276. The van der Waals surface area contributed by atoms with Gasteiger partial charge in [0.1, 0.15) is 6.10 Å². The van der Waals surface area contributed by atoms with Gasteiger partial charge in [-0.15, -0.1) is 0 Å². The molecule has 1 heterocycles. The number of halogens is 1. The van der Waals surface area contributed by atoms with Crippen molar-refractivity contribution in [2.24, 2.45) is 0 Å². The van der Waals surface area contributed by atoms with E-state index in [0.29, 0.717) is 18.2 Å². The van der Waals surface area contributed by atoms with E-state index in [2.05, 4.69) is 6.58 Å². The first-order chi connectivity index (χ1) is 10.9. The van der Waals surface area contributed by atoms with Crippen LogP contribution in [0.15, 0.2) is 36.9 Å². The molecule has 0 aromatic heterocycles. The van der Waals surface area contributed by atoms with Gasteiger partial charge in [-0.3, -0.25) is 9.59 Å². The van der Waals surface area contributed by atoms with Crippen LogP contribution in [0.2, 0.25) is 5.02 Å². The minimum Gasteiger partial charge on any atom is -0.369 e. The summed E-state index contributed by atoms with van der Waals surface area (Å²) in [6.07, 6.45) is 0.937. The van der Waals surface area contributed by atoms with Crippen LogP contribution in [0.25, 0.3) is 0 Å². The highest BCUT2D eigenvalue weighted by Crippen LogP contribution is 2.29. The van der Waals surface area contributed by atoms with Crippen molar-refractivity contribution < 1.29 is 14.3 Å². The maximum Gasteiger partial charge on any atom is 0.246 e. The second-order valence-corrected chi connectivity index (χ2v) is 6.04. The molecular formula is C17H21ClN2O3. The molecule has 1 saturated heterocycles. The van der Waals surface area contributed by atoms with Crippen LogP contribution >= 0.6 is 11.6 Å². The Morgan fingerprint density at radius 1 is 1.48 bits per heavy atom. The average molecular weight is 337 g/mol. The Morgan fingerprint density at radius 2 is 2.17 bits per heavy atom. The number of benzene rings is 1. The first-order valence-corrected chi connectivity index (χ1v) is 7.85. The fraction of sp³-hybridized carbons (Fsp3) is 0.412. The first-order valence-electron chi connectivity index (χ1n) is 7.47. The molecule has 0 radical (unpaired) electrons. The Hall–Kier alpha value is -1.85. The van der Waals surface area contributed by atoms with Crippen molar-refractivity contribution in [2.45, 2.75) is 19.1 Å². The number of hydrogen-bond acceptors (Lipinski definition) is 3. The Balaban J connectivity index is 2.09. The summed E-state index contributed by atoms with van der Waals surface area (Å²) in [6, 6.07) is 7.41. The van der Waals surface area contributed by atoms with Gasteiger partial charge >= 0.3 is 0 Å². The van der Waals surface area contributed by atoms with E-state index in [1.54, 1.807) is 18.0 Å². The van der Waals surface area contributed by atoms with E-state index in [-0.39, 0.29) is 30.5 Å². The summed E-state index contributed by atoms with van der Waals surface area (Å²) in [6.45, 7) is 6.22. The van der Waals surface area contributed by atoms with Gasteiger partial charge in [0.2, 0.25) is 11.8 Å². The standard InChI is InChI=1S/C17H21ClN2O3/c1-4-16(21)19(3)10-17(22)20-9-15(23-11-12(20)2)13-7-5-6-8-14(13)18/h4-8,12,15H,1,9-11H2,2-3H3/t12-,15-/m1/s1. The average Bonchev–Trinajstić information content (AvgIpc) is 2.55. The first kappa shape index (κ1) is 17.5. The molecule has 1 aromatic carbocycles. The largest absolute Gasteiger partial charge is 0.369 e. The fourth-order valence-corrected chi connectivity index (χ4v) is 2.81. The third kappa shape index (κ3) is 4.12. The normalized spacial score (nSPS) is 20.9. The van der Waals surface area contributed by atoms with Crippen molar-refractivity contribution in [3.8, 4) is 0 Å². The van der Waals surface area contributed by atoms with Crippen molar-refractivity contribution in [1.82, 2.24) is 9.80 Å². The molecule has 0 spiro atoms. The van der Waals surface area contributed by atoms with E-state index >= 15 is 0 Å². The van der Waals surface area contributed by atoms with Gasteiger partial charge in [-0.1, -0.05) is 36.4 Å². The summed E-state index contributed by atoms with van der Waals surface area (Å²) >= 11 is 6.22. The maximum absolute atomic E-state index is 12.5. The number of likely N-dealkylation sites (N-methyl/N-ethyl adjacent to an activating group) is 1. The molecule has 1 fully saturated rings. The van der Waals surface area contributed by atoms with E-state index in [0.717, 1.165) is 5.56 Å². The third-order valence-electron chi connectivity index (χ3n) is 3.93. The molecule has 2 rings (SSSR count). The minimum absolute atomic E-state index is 0.0183. The number of ether oxygens (including phenoxy) is 1. The third-order valence-corrected chi connectivity index (χ3v) is 4.27. The summed E-state index contributed by atoms with van der Waals surface area (Å²) in [7, 11) is 1.58. The summed E-state index contributed by atoms with van der Waals surface area (Å²) in [5.41, 5.74) is 0.870. The molecule has 6 heteroatoms. The maximum atomic E-state index is 12.5. The second kappa shape index (κ2) is 7.62. The van der Waals surface area contributed by atoms with Crippen LogP contribution in [-0.4, -0.2) is 54.4 Å². The van der Waals surface area contributed by atoms with Crippen LogP contribution in [-0.2, 0) is 14.3 Å². The van der Waals surface area contributed by atoms with Gasteiger partial charge in [0.15, 0.2) is 0 Å². The Kier molecular flexibility index (Phi) is 5.80. The molecule has 1 aromatic rings. The molecule has 0 unspecified atom stereocenters. The van der Waals surface area contributed by atoms with Gasteiger partial charge in [0.05, 0.1) is 25.7 Å². The molecule has 1 aliphatic rings. The predicted molar refractivity (Wildman–Crippen MR) is 89.2 cm³/mol. The number of nitrogens with zero attached hydrogens (tertiary/aromatic N) is 2. The Morgan fingerprint density at radius 3 is 2.83 bits per heavy atom. The second-order valence-electron chi connectivity index (χ2n) is 5.64. The van der Waals surface area contributed by atoms with Crippen LogP contribution in [0, 0.1) is 0 Å². The van der Waals surface area contributed by atoms with E-state index in [9.17, 15) is 9.59 Å². The van der Waals surface area contributed by atoms with Crippen LogP contribution in [0.4, 0.5) is 0 Å². The quantitative estimate of drug-likeness (QED) is 0.793. The van der Waals surface area contributed by atoms with E-state index in [4.69, 9.17) is 16.3 Å². The Labute approximate surface area is 141 Å². The van der Waals surface area contributed by atoms with Gasteiger partial charge in [-0.2, -0.15) is 0 Å². The van der Waals surface area contributed by atoms with Gasteiger partial charge in [0, 0.05) is 17.6 Å². The number of rotatable bonds is 4. The molecule has 2 atom stereocenters. The molecule has 124 valence electrons. The van der Waals surface area contributed by atoms with Gasteiger partial charge < -0.3 is 14.5 Å². The molecule has 5 nitrogen and oxygen atoms in total. The summed E-state index contributed by atoms with van der Waals surface area (Å²) in [5, 5.41) is 0.624. The highest BCUT2D eigenvalue weighted by atomic mass is 35.5. The summed E-state index contributed by atoms with van der Waals surface area (Å²) in [5.74, 6) is -0.391. The lowest BCUT2D eigenvalue weighted by molar-refractivity contribution is -0.147.